The molecule has 1 atom stereocenters. The zero-order valence-electron chi connectivity index (χ0n) is 14.3. The van der Waals surface area contributed by atoms with Crippen molar-refractivity contribution in [3.8, 4) is 0 Å². The Morgan fingerprint density at radius 2 is 2.12 bits per heavy atom. The molecule has 2 amide bonds. The van der Waals surface area contributed by atoms with Crippen LogP contribution in [0, 0.1) is 6.92 Å². The number of fused-ring (bicyclic) bond motifs is 1. The van der Waals surface area contributed by atoms with E-state index in [9.17, 15) is 19.5 Å². The smallest absolute Gasteiger partial charge is 0.323 e. The molecular formula is C19H19N3O4. The number of nitrogens with zero attached hydrogens (tertiary/aromatic N) is 2. The Hall–Kier alpha value is -3.22. The molecule has 0 fully saturated rings. The number of carboxylic acids is 1. The topological polar surface area (TPSA) is 99.6 Å². The fourth-order valence-electron chi connectivity index (χ4n) is 3.13. The van der Waals surface area contributed by atoms with Gasteiger partial charge in [0.1, 0.15) is 12.4 Å². The Kier molecular flexibility index (Phi) is 4.97. The molecule has 3 rings (SSSR count). The number of aliphatic carboxylic acids is 1. The van der Waals surface area contributed by atoms with Crippen LogP contribution < -0.4 is 5.32 Å². The number of amides is 2. The van der Waals surface area contributed by atoms with Gasteiger partial charge in [-0.1, -0.05) is 35.9 Å². The number of carbonyl (C=O) groups is 3. The number of hydrogen-bond donors (Lipinski definition) is 2. The molecular weight excluding hydrogens is 334 g/mol. The Morgan fingerprint density at radius 1 is 1.31 bits per heavy atom. The lowest BCUT2D eigenvalue weighted by Gasteiger charge is -2.29. The van der Waals surface area contributed by atoms with E-state index in [1.165, 1.54) is 11.1 Å². The van der Waals surface area contributed by atoms with E-state index in [1.807, 2.05) is 31.2 Å². The monoisotopic (exact) mass is 353 g/mol. The van der Waals surface area contributed by atoms with Gasteiger partial charge in [0.2, 0.25) is 11.8 Å². The van der Waals surface area contributed by atoms with Gasteiger partial charge in [0, 0.05) is 24.7 Å². The summed E-state index contributed by atoms with van der Waals surface area (Å²) in [4.78, 5) is 41.7. The molecule has 26 heavy (non-hydrogen) atoms. The minimum atomic E-state index is -1.10. The second-order valence-electron chi connectivity index (χ2n) is 6.32. The fourth-order valence-corrected chi connectivity index (χ4v) is 3.13. The predicted octanol–water partition coefficient (Wildman–Crippen LogP) is 1.93. The molecule has 2 N–H and O–H groups in total. The van der Waals surface area contributed by atoms with Gasteiger partial charge in [-0.25, -0.2) is 4.98 Å². The number of aryl methyl sites for hydroxylation is 1. The van der Waals surface area contributed by atoms with E-state index in [0.717, 1.165) is 11.1 Å². The first kappa shape index (κ1) is 17.6. The van der Waals surface area contributed by atoms with Crippen LogP contribution in [0.3, 0.4) is 0 Å². The average Bonchev–Trinajstić information content (AvgIpc) is 2.59. The maximum Gasteiger partial charge on any atom is 0.323 e. The molecule has 7 nitrogen and oxygen atoms in total. The van der Waals surface area contributed by atoms with Crippen LogP contribution in [0.1, 0.15) is 29.0 Å². The van der Waals surface area contributed by atoms with Gasteiger partial charge in [-0.15, -0.1) is 0 Å². The zero-order valence-corrected chi connectivity index (χ0v) is 14.3. The number of benzene rings is 1. The van der Waals surface area contributed by atoms with Crippen molar-refractivity contribution >= 4 is 23.6 Å². The summed E-state index contributed by atoms with van der Waals surface area (Å²) >= 11 is 0. The molecule has 134 valence electrons. The summed E-state index contributed by atoms with van der Waals surface area (Å²) in [5.41, 5.74) is 2.47. The Morgan fingerprint density at radius 3 is 2.85 bits per heavy atom. The number of nitrogens with one attached hydrogen (secondary N) is 1. The van der Waals surface area contributed by atoms with E-state index in [1.54, 1.807) is 12.1 Å². The highest BCUT2D eigenvalue weighted by Gasteiger charge is 2.34. The first-order chi connectivity index (χ1) is 12.4. The molecule has 0 saturated heterocycles. The maximum absolute atomic E-state index is 13.1. The van der Waals surface area contributed by atoms with E-state index in [-0.39, 0.29) is 18.9 Å². The summed E-state index contributed by atoms with van der Waals surface area (Å²) in [6.45, 7) is 1.67. The summed E-state index contributed by atoms with van der Waals surface area (Å²) < 4.78 is 0. The quantitative estimate of drug-likeness (QED) is 0.856. The lowest BCUT2D eigenvalue weighted by atomic mass is 9.91. The third-order valence-electron chi connectivity index (χ3n) is 4.25. The first-order valence-electron chi connectivity index (χ1n) is 8.25. The molecule has 1 aliphatic rings. The van der Waals surface area contributed by atoms with Gasteiger partial charge in [0.25, 0.3) is 0 Å². The third-order valence-corrected chi connectivity index (χ3v) is 4.25. The van der Waals surface area contributed by atoms with Gasteiger partial charge in [-0.2, -0.15) is 0 Å². The molecule has 1 aromatic carbocycles. The van der Waals surface area contributed by atoms with Crippen molar-refractivity contribution in [3.63, 3.8) is 0 Å². The minimum absolute atomic E-state index is 0.0263. The summed E-state index contributed by atoms with van der Waals surface area (Å²) in [6.07, 6.45) is 1.51. The number of carbonyl (C=O) groups excluding carboxylic acids is 2. The van der Waals surface area contributed by atoms with Crippen molar-refractivity contribution < 1.29 is 19.5 Å². The zero-order chi connectivity index (χ0) is 18.7. The van der Waals surface area contributed by atoms with Gasteiger partial charge in [-0.05, 0) is 18.6 Å². The van der Waals surface area contributed by atoms with Crippen molar-refractivity contribution in [2.24, 2.45) is 0 Å². The van der Waals surface area contributed by atoms with Crippen molar-refractivity contribution in [2.45, 2.75) is 25.8 Å². The number of pyridine rings is 1. The van der Waals surface area contributed by atoms with Gasteiger partial charge in [0.15, 0.2) is 0 Å². The summed E-state index contributed by atoms with van der Waals surface area (Å²) in [5.74, 6) is -2.18. The Labute approximate surface area is 150 Å². The van der Waals surface area contributed by atoms with E-state index >= 15 is 0 Å². The van der Waals surface area contributed by atoms with Gasteiger partial charge >= 0.3 is 5.97 Å². The summed E-state index contributed by atoms with van der Waals surface area (Å²) in [5, 5.41) is 11.9. The maximum atomic E-state index is 13.1. The van der Waals surface area contributed by atoms with Crippen molar-refractivity contribution in [1.29, 1.82) is 0 Å². The number of hydrogen-bond acceptors (Lipinski definition) is 4. The molecule has 0 radical (unpaired) electrons. The Bertz CT molecular complexity index is 865. The van der Waals surface area contributed by atoms with E-state index < -0.39 is 24.3 Å². The van der Waals surface area contributed by atoms with Crippen LogP contribution in [0.4, 0.5) is 5.82 Å². The molecule has 7 heteroatoms. The van der Waals surface area contributed by atoms with Crippen LogP contribution >= 0.6 is 0 Å². The van der Waals surface area contributed by atoms with Gasteiger partial charge in [0.05, 0.1) is 5.92 Å². The molecule has 1 unspecified atom stereocenters. The summed E-state index contributed by atoms with van der Waals surface area (Å²) in [6, 6.07) is 11.0. The molecule has 2 heterocycles. The molecule has 0 spiro atoms. The fraction of sp³-hybridized carbons (Fsp3) is 0.263. The van der Waals surface area contributed by atoms with Crippen LogP contribution in [-0.4, -0.2) is 39.3 Å². The lowest BCUT2D eigenvalue weighted by molar-refractivity contribution is -0.146. The molecule has 1 aliphatic heterocycles. The van der Waals surface area contributed by atoms with Gasteiger partial charge in [-0.3, -0.25) is 14.4 Å². The van der Waals surface area contributed by atoms with Crippen LogP contribution in [0.2, 0.25) is 0 Å². The minimum Gasteiger partial charge on any atom is -0.480 e. The second-order valence-corrected chi connectivity index (χ2v) is 6.32. The molecule has 2 aromatic rings. The average molecular weight is 353 g/mol. The first-order valence-corrected chi connectivity index (χ1v) is 8.25. The van der Waals surface area contributed by atoms with Crippen LogP contribution in [0.15, 0.2) is 42.6 Å². The van der Waals surface area contributed by atoms with Crippen molar-refractivity contribution in [3.05, 3.63) is 59.3 Å². The van der Waals surface area contributed by atoms with E-state index in [2.05, 4.69) is 10.3 Å². The molecule has 0 aliphatic carbocycles. The van der Waals surface area contributed by atoms with E-state index in [4.69, 9.17) is 0 Å². The summed E-state index contributed by atoms with van der Waals surface area (Å²) in [7, 11) is 0. The van der Waals surface area contributed by atoms with Gasteiger partial charge < -0.3 is 15.3 Å². The largest absolute Gasteiger partial charge is 0.480 e. The lowest BCUT2D eigenvalue weighted by Crippen LogP contribution is -2.41. The normalized spacial score (nSPS) is 15.7. The standard InChI is InChI=1S/C19H19N3O4/c1-12-4-2-5-13(8-12)10-22(11-17(24)25)19(26)15-9-16(23)21-18-14(15)6-3-7-20-18/h2-8,15H,9-11H2,1H3,(H,24,25)(H,20,21,23). The SMILES string of the molecule is Cc1cccc(CN(CC(=O)O)C(=O)C2CC(=O)Nc3ncccc32)c1. The Balaban J connectivity index is 1.90. The molecule has 0 bridgehead atoms. The highest BCUT2D eigenvalue weighted by Crippen LogP contribution is 2.32. The number of anilines is 1. The number of rotatable bonds is 5. The van der Waals surface area contributed by atoms with E-state index in [0.29, 0.717) is 11.4 Å². The predicted molar refractivity (Wildman–Crippen MR) is 94.5 cm³/mol. The van der Waals surface area contributed by atoms with Crippen LogP contribution in [0.25, 0.3) is 0 Å². The van der Waals surface area contributed by atoms with Crippen molar-refractivity contribution in [2.75, 3.05) is 11.9 Å². The van der Waals surface area contributed by atoms with Crippen molar-refractivity contribution in [1.82, 2.24) is 9.88 Å². The number of carboxylic acid groups (broad SMARTS) is 1. The van der Waals surface area contributed by atoms with Crippen LogP contribution in [0.5, 0.6) is 0 Å². The highest BCUT2D eigenvalue weighted by atomic mass is 16.4. The number of aromatic nitrogens is 1. The third kappa shape index (κ3) is 3.88. The highest BCUT2D eigenvalue weighted by molar-refractivity contribution is 6.00. The molecule has 1 aromatic heterocycles. The second kappa shape index (κ2) is 7.35. The van der Waals surface area contributed by atoms with Crippen LogP contribution in [-0.2, 0) is 20.9 Å². The molecule has 0 saturated carbocycles.